The summed E-state index contributed by atoms with van der Waals surface area (Å²) in [5.41, 5.74) is 0.606. The first-order valence-corrected chi connectivity index (χ1v) is 6.40. The highest BCUT2D eigenvalue weighted by molar-refractivity contribution is 5.15. The lowest BCUT2D eigenvalue weighted by atomic mass is 10.1. The molecule has 0 saturated carbocycles. The van der Waals surface area contributed by atoms with Gasteiger partial charge in [0.25, 0.3) is 0 Å². The third kappa shape index (κ3) is 6.81. The van der Waals surface area contributed by atoms with Crippen molar-refractivity contribution in [3.05, 3.63) is 29.8 Å². The standard InChI is InChI=1S/C13H18F4N2O/c1-2-4-19-12(3-5-20-9-13(15,16)17)10-6-11(14)8-18-7-10/h6-8,12,19H,2-5,9H2,1H3. The number of aromatic nitrogens is 1. The van der Waals surface area contributed by atoms with Gasteiger partial charge in [-0.25, -0.2) is 4.39 Å². The van der Waals surface area contributed by atoms with Crippen LogP contribution in [0, 0.1) is 5.82 Å². The first kappa shape index (κ1) is 16.8. The summed E-state index contributed by atoms with van der Waals surface area (Å²) in [6.07, 6.45) is -0.558. The summed E-state index contributed by atoms with van der Waals surface area (Å²) < 4.78 is 53.6. The van der Waals surface area contributed by atoms with E-state index in [1.165, 1.54) is 12.3 Å². The van der Waals surface area contributed by atoms with Crippen molar-refractivity contribution in [1.82, 2.24) is 10.3 Å². The number of halogens is 4. The first-order valence-electron chi connectivity index (χ1n) is 6.40. The average molecular weight is 294 g/mol. The van der Waals surface area contributed by atoms with E-state index in [0.29, 0.717) is 18.5 Å². The minimum Gasteiger partial charge on any atom is -0.372 e. The predicted molar refractivity (Wildman–Crippen MR) is 66.7 cm³/mol. The third-order valence-corrected chi connectivity index (χ3v) is 2.59. The van der Waals surface area contributed by atoms with Crippen LogP contribution in [0.25, 0.3) is 0 Å². The number of hydrogen-bond acceptors (Lipinski definition) is 3. The van der Waals surface area contributed by atoms with Crippen LogP contribution in [0.15, 0.2) is 18.5 Å². The Morgan fingerprint density at radius 1 is 1.35 bits per heavy atom. The number of nitrogens with one attached hydrogen (secondary N) is 1. The quantitative estimate of drug-likeness (QED) is 0.590. The van der Waals surface area contributed by atoms with Crippen LogP contribution in [0.4, 0.5) is 17.6 Å². The van der Waals surface area contributed by atoms with E-state index in [1.54, 1.807) is 0 Å². The van der Waals surface area contributed by atoms with Crippen LogP contribution < -0.4 is 5.32 Å². The second-order valence-electron chi connectivity index (χ2n) is 4.40. The van der Waals surface area contributed by atoms with E-state index in [0.717, 1.165) is 12.6 Å². The van der Waals surface area contributed by atoms with E-state index < -0.39 is 18.6 Å². The zero-order chi connectivity index (χ0) is 15.0. The van der Waals surface area contributed by atoms with Crippen molar-refractivity contribution in [2.45, 2.75) is 32.0 Å². The fourth-order valence-electron chi connectivity index (χ4n) is 1.71. The molecular weight excluding hydrogens is 276 g/mol. The molecule has 114 valence electrons. The molecule has 1 atom stereocenters. The molecular formula is C13H18F4N2O. The number of ether oxygens (including phenoxy) is 1. The molecule has 0 aliphatic rings. The second kappa shape index (κ2) is 8.16. The normalized spacial score (nSPS) is 13.4. The number of rotatable bonds is 8. The summed E-state index contributed by atoms with van der Waals surface area (Å²) in [6, 6.07) is 1.05. The lowest BCUT2D eigenvalue weighted by molar-refractivity contribution is -0.174. The van der Waals surface area contributed by atoms with Crippen molar-refractivity contribution in [1.29, 1.82) is 0 Å². The number of hydrogen-bond donors (Lipinski definition) is 1. The van der Waals surface area contributed by atoms with E-state index in [9.17, 15) is 17.6 Å². The zero-order valence-electron chi connectivity index (χ0n) is 11.2. The molecule has 1 aromatic rings. The molecule has 0 fully saturated rings. The predicted octanol–water partition coefficient (Wildman–Crippen LogP) is 3.23. The highest BCUT2D eigenvalue weighted by Crippen LogP contribution is 2.19. The monoisotopic (exact) mass is 294 g/mol. The SMILES string of the molecule is CCCNC(CCOCC(F)(F)F)c1cncc(F)c1. The van der Waals surface area contributed by atoms with Gasteiger partial charge in [0.15, 0.2) is 0 Å². The largest absolute Gasteiger partial charge is 0.411 e. The van der Waals surface area contributed by atoms with Gasteiger partial charge in [-0.3, -0.25) is 4.98 Å². The van der Waals surface area contributed by atoms with Crippen LogP contribution in [0.5, 0.6) is 0 Å². The zero-order valence-corrected chi connectivity index (χ0v) is 11.2. The molecule has 0 aliphatic carbocycles. The van der Waals surface area contributed by atoms with Gasteiger partial charge in [-0.1, -0.05) is 6.92 Å². The summed E-state index contributed by atoms with van der Waals surface area (Å²) >= 11 is 0. The Kier molecular flexibility index (Phi) is 6.87. The fraction of sp³-hybridized carbons (Fsp3) is 0.615. The van der Waals surface area contributed by atoms with Crippen LogP contribution in [-0.2, 0) is 4.74 Å². The van der Waals surface area contributed by atoms with Gasteiger partial charge in [0, 0.05) is 18.8 Å². The van der Waals surface area contributed by atoms with Crippen molar-refractivity contribution in [3.63, 3.8) is 0 Å². The molecule has 7 heteroatoms. The molecule has 0 amide bonds. The van der Waals surface area contributed by atoms with Crippen molar-refractivity contribution in [2.75, 3.05) is 19.8 Å². The number of pyridine rings is 1. The topological polar surface area (TPSA) is 34.1 Å². The van der Waals surface area contributed by atoms with Gasteiger partial charge in [0.2, 0.25) is 0 Å². The molecule has 0 aromatic carbocycles. The fourth-order valence-corrected chi connectivity index (χ4v) is 1.71. The van der Waals surface area contributed by atoms with E-state index in [1.807, 2.05) is 6.92 Å². The Labute approximate surface area is 115 Å². The Balaban J connectivity index is 2.52. The lowest BCUT2D eigenvalue weighted by Gasteiger charge is -2.19. The lowest BCUT2D eigenvalue weighted by Crippen LogP contribution is -2.25. The van der Waals surface area contributed by atoms with Gasteiger partial charge in [-0.05, 0) is 31.0 Å². The van der Waals surface area contributed by atoms with Crippen LogP contribution >= 0.6 is 0 Å². The minimum atomic E-state index is -4.33. The summed E-state index contributed by atoms with van der Waals surface area (Å²) in [4.78, 5) is 3.74. The highest BCUT2D eigenvalue weighted by atomic mass is 19.4. The van der Waals surface area contributed by atoms with E-state index in [-0.39, 0.29) is 12.6 Å². The summed E-state index contributed by atoms with van der Waals surface area (Å²) in [7, 11) is 0. The van der Waals surface area contributed by atoms with Gasteiger partial charge in [-0.15, -0.1) is 0 Å². The summed E-state index contributed by atoms with van der Waals surface area (Å²) in [5.74, 6) is -0.470. The molecule has 0 bridgehead atoms. The maximum absolute atomic E-state index is 13.1. The van der Waals surface area contributed by atoms with Crippen LogP contribution in [-0.4, -0.2) is 30.9 Å². The van der Waals surface area contributed by atoms with Crippen molar-refractivity contribution in [3.8, 4) is 0 Å². The van der Waals surface area contributed by atoms with Gasteiger partial charge >= 0.3 is 6.18 Å². The Hall–Kier alpha value is -1.21. The van der Waals surface area contributed by atoms with Crippen molar-refractivity contribution < 1.29 is 22.3 Å². The molecule has 1 unspecified atom stereocenters. The molecule has 0 radical (unpaired) electrons. The maximum Gasteiger partial charge on any atom is 0.411 e. The molecule has 0 saturated heterocycles. The summed E-state index contributed by atoms with van der Waals surface area (Å²) in [6.45, 7) is 1.32. The second-order valence-corrected chi connectivity index (χ2v) is 4.40. The van der Waals surface area contributed by atoms with Gasteiger partial charge in [-0.2, -0.15) is 13.2 Å². The Morgan fingerprint density at radius 3 is 2.70 bits per heavy atom. The average Bonchev–Trinajstić information content (AvgIpc) is 2.36. The molecule has 1 rings (SSSR count). The summed E-state index contributed by atoms with van der Waals surface area (Å²) in [5, 5.41) is 3.14. The Bertz CT molecular complexity index is 398. The number of nitrogens with zero attached hydrogens (tertiary/aromatic N) is 1. The number of alkyl halides is 3. The molecule has 0 spiro atoms. The molecule has 1 N–H and O–H groups in total. The minimum absolute atomic E-state index is 0.0581. The Morgan fingerprint density at radius 2 is 2.10 bits per heavy atom. The van der Waals surface area contributed by atoms with Crippen LogP contribution in [0.2, 0.25) is 0 Å². The first-order chi connectivity index (χ1) is 9.42. The van der Waals surface area contributed by atoms with E-state index in [2.05, 4.69) is 15.0 Å². The molecule has 20 heavy (non-hydrogen) atoms. The smallest absolute Gasteiger partial charge is 0.372 e. The van der Waals surface area contributed by atoms with E-state index in [4.69, 9.17) is 0 Å². The van der Waals surface area contributed by atoms with Crippen LogP contribution in [0.3, 0.4) is 0 Å². The van der Waals surface area contributed by atoms with Gasteiger partial charge < -0.3 is 10.1 Å². The van der Waals surface area contributed by atoms with E-state index >= 15 is 0 Å². The van der Waals surface area contributed by atoms with Gasteiger partial charge in [0.1, 0.15) is 12.4 Å². The highest BCUT2D eigenvalue weighted by Gasteiger charge is 2.27. The molecule has 1 aromatic heterocycles. The maximum atomic E-state index is 13.1. The molecule has 3 nitrogen and oxygen atoms in total. The van der Waals surface area contributed by atoms with Crippen molar-refractivity contribution >= 4 is 0 Å². The van der Waals surface area contributed by atoms with Gasteiger partial charge in [0.05, 0.1) is 6.20 Å². The molecule has 1 heterocycles. The molecule has 0 aliphatic heterocycles. The van der Waals surface area contributed by atoms with Crippen molar-refractivity contribution in [2.24, 2.45) is 0 Å². The van der Waals surface area contributed by atoms with Crippen LogP contribution in [0.1, 0.15) is 31.4 Å². The third-order valence-electron chi connectivity index (χ3n) is 2.59.